The molecule has 21 heavy (non-hydrogen) atoms. The molecule has 3 rings (SSSR count). The van der Waals surface area contributed by atoms with Gasteiger partial charge in [0, 0.05) is 12.6 Å². The first-order valence-corrected chi connectivity index (χ1v) is 7.45. The van der Waals surface area contributed by atoms with Gasteiger partial charge in [0.1, 0.15) is 0 Å². The van der Waals surface area contributed by atoms with Crippen LogP contribution in [0.5, 0.6) is 0 Å². The number of nitrogens with zero attached hydrogens (tertiary/aromatic N) is 1. The first kappa shape index (κ1) is 14.1. The summed E-state index contributed by atoms with van der Waals surface area (Å²) in [5.41, 5.74) is 2.84. The molecule has 3 heteroatoms. The maximum absolute atomic E-state index is 11.3. The number of hydrogen-bond donors (Lipinski definition) is 0. The monoisotopic (exact) mass is 283 g/mol. The molecule has 0 bridgehead atoms. The van der Waals surface area contributed by atoms with Gasteiger partial charge in [-0.1, -0.05) is 36.4 Å². The fourth-order valence-electron chi connectivity index (χ4n) is 3.29. The van der Waals surface area contributed by atoms with Crippen molar-refractivity contribution in [3.05, 3.63) is 47.5 Å². The summed E-state index contributed by atoms with van der Waals surface area (Å²) in [6.07, 6.45) is 2.55. The molecular weight excluding hydrogens is 262 g/mol. The first-order valence-electron chi connectivity index (χ1n) is 7.45. The molecular formula is C18H21NO2. The third-order valence-electron chi connectivity index (χ3n) is 4.51. The van der Waals surface area contributed by atoms with Gasteiger partial charge in [-0.15, -0.1) is 0 Å². The lowest BCUT2D eigenvalue weighted by atomic mass is 9.85. The van der Waals surface area contributed by atoms with Gasteiger partial charge in [-0.3, -0.25) is 4.79 Å². The van der Waals surface area contributed by atoms with Crippen LogP contribution >= 0.6 is 0 Å². The Balaban J connectivity index is 1.79. The Morgan fingerprint density at radius 3 is 2.38 bits per heavy atom. The third kappa shape index (κ3) is 2.79. The fraction of sp³-hybridized carbons (Fsp3) is 0.389. The minimum absolute atomic E-state index is 0.139. The van der Waals surface area contributed by atoms with Gasteiger partial charge < -0.3 is 9.64 Å². The van der Waals surface area contributed by atoms with E-state index in [0.717, 1.165) is 19.4 Å². The van der Waals surface area contributed by atoms with E-state index in [4.69, 9.17) is 4.74 Å². The molecule has 110 valence electrons. The number of carbonyl (C=O) groups is 1. The van der Waals surface area contributed by atoms with Gasteiger partial charge in [0.15, 0.2) is 0 Å². The Morgan fingerprint density at radius 2 is 1.81 bits per heavy atom. The molecule has 0 N–H and O–H groups in total. The van der Waals surface area contributed by atoms with Crippen LogP contribution < -0.4 is 0 Å². The maximum Gasteiger partial charge on any atom is 0.306 e. The van der Waals surface area contributed by atoms with E-state index < -0.39 is 0 Å². The number of methoxy groups -OCH3 is 1. The highest BCUT2D eigenvalue weighted by molar-refractivity contribution is 5.89. The predicted molar refractivity (Wildman–Crippen MR) is 84.4 cm³/mol. The summed E-state index contributed by atoms with van der Waals surface area (Å²) in [7, 11) is 3.54. The molecule has 0 amide bonds. The van der Waals surface area contributed by atoms with E-state index in [1.165, 1.54) is 29.0 Å². The number of rotatable bonds is 4. The van der Waals surface area contributed by atoms with Crippen LogP contribution in [-0.4, -0.2) is 37.6 Å². The molecule has 0 saturated carbocycles. The zero-order valence-electron chi connectivity index (χ0n) is 12.6. The number of benzene rings is 2. The van der Waals surface area contributed by atoms with Crippen molar-refractivity contribution >= 4 is 16.7 Å². The zero-order chi connectivity index (χ0) is 14.8. The van der Waals surface area contributed by atoms with Gasteiger partial charge in [0.05, 0.1) is 13.5 Å². The summed E-state index contributed by atoms with van der Waals surface area (Å²) in [6, 6.07) is 13.6. The average molecular weight is 283 g/mol. The van der Waals surface area contributed by atoms with Crippen molar-refractivity contribution in [3.63, 3.8) is 0 Å². The highest BCUT2D eigenvalue weighted by atomic mass is 16.5. The minimum Gasteiger partial charge on any atom is -0.469 e. The summed E-state index contributed by atoms with van der Waals surface area (Å²) < 4.78 is 4.73. The lowest BCUT2D eigenvalue weighted by Crippen LogP contribution is -2.38. The van der Waals surface area contributed by atoms with Crippen molar-refractivity contribution < 1.29 is 9.53 Å². The Morgan fingerprint density at radius 1 is 1.19 bits per heavy atom. The van der Waals surface area contributed by atoms with E-state index in [9.17, 15) is 4.79 Å². The molecule has 0 aliphatic heterocycles. The van der Waals surface area contributed by atoms with Crippen molar-refractivity contribution in [3.8, 4) is 0 Å². The molecule has 0 heterocycles. The molecule has 1 aliphatic carbocycles. The van der Waals surface area contributed by atoms with Crippen molar-refractivity contribution in [2.45, 2.75) is 25.3 Å². The molecule has 0 radical (unpaired) electrons. The van der Waals surface area contributed by atoms with Gasteiger partial charge >= 0.3 is 5.97 Å². The van der Waals surface area contributed by atoms with E-state index in [2.05, 4.69) is 48.3 Å². The Hall–Kier alpha value is -1.87. The molecule has 2 aromatic rings. The van der Waals surface area contributed by atoms with Crippen LogP contribution in [0.4, 0.5) is 0 Å². The van der Waals surface area contributed by atoms with E-state index in [1.54, 1.807) is 0 Å². The summed E-state index contributed by atoms with van der Waals surface area (Å²) >= 11 is 0. The zero-order valence-corrected chi connectivity index (χ0v) is 12.6. The smallest absolute Gasteiger partial charge is 0.306 e. The van der Waals surface area contributed by atoms with Crippen molar-refractivity contribution in [1.82, 2.24) is 4.90 Å². The van der Waals surface area contributed by atoms with Crippen LogP contribution in [0.15, 0.2) is 36.4 Å². The molecule has 0 saturated heterocycles. The molecule has 0 unspecified atom stereocenters. The number of hydrogen-bond acceptors (Lipinski definition) is 3. The van der Waals surface area contributed by atoms with Gasteiger partial charge in [0.2, 0.25) is 0 Å². The highest BCUT2D eigenvalue weighted by Gasteiger charge is 2.23. The highest BCUT2D eigenvalue weighted by Crippen LogP contribution is 2.31. The van der Waals surface area contributed by atoms with Crippen LogP contribution in [0.25, 0.3) is 10.8 Å². The maximum atomic E-state index is 11.3. The topological polar surface area (TPSA) is 29.5 Å². The summed E-state index contributed by atoms with van der Waals surface area (Å²) in [6.45, 7) is 0.746. The predicted octanol–water partition coefficient (Wildman–Crippen LogP) is 2.80. The SMILES string of the molecule is COC(=O)CCN(C)C1Cc2cccc3cccc(c23)C1. The summed E-state index contributed by atoms with van der Waals surface area (Å²) in [4.78, 5) is 13.6. The number of ether oxygens (including phenoxy) is 1. The van der Waals surface area contributed by atoms with Gasteiger partial charge in [0.25, 0.3) is 0 Å². The van der Waals surface area contributed by atoms with E-state index in [-0.39, 0.29) is 5.97 Å². The largest absolute Gasteiger partial charge is 0.469 e. The van der Waals surface area contributed by atoms with E-state index >= 15 is 0 Å². The lowest BCUT2D eigenvalue weighted by molar-refractivity contribution is -0.141. The van der Waals surface area contributed by atoms with Gasteiger partial charge in [-0.25, -0.2) is 0 Å². The Labute approximate surface area is 125 Å². The molecule has 0 spiro atoms. The Bertz CT molecular complexity index is 625. The molecule has 0 fully saturated rings. The quantitative estimate of drug-likeness (QED) is 0.808. The van der Waals surface area contributed by atoms with Gasteiger partial charge in [-0.2, -0.15) is 0 Å². The van der Waals surface area contributed by atoms with Crippen LogP contribution in [0.3, 0.4) is 0 Å². The molecule has 3 nitrogen and oxygen atoms in total. The lowest BCUT2D eigenvalue weighted by Gasteiger charge is -2.32. The van der Waals surface area contributed by atoms with E-state index in [1.807, 2.05) is 0 Å². The standard InChI is InChI=1S/C18H21NO2/c1-19(10-9-17(20)21-2)16-11-14-7-3-5-13-6-4-8-15(12-16)18(13)14/h3-8,16H,9-12H2,1-2H3. The number of carbonyl (C=O) groups excluding carboxylic acids is 1. The molecule has 2 aromatic carbocycles. The van der Waals surface area contributed by atoms with Crippen LogP contribution in [0.1, 0.15) is 17.5 Å². The molecule has 1 aliphatic rings. The average Bonchev–Trinajstić information content (AvgIpc) is 2.52. The number of esters is 1. The summed E-state index contributed by atoms with van der Waals surface area (Å²) in [5.74, 6) is -0.139. The van der Waals surface area contributed by atoms with Crippen LogP contribution in [0, 0.1) is 0 Å². The first-order chi connectivity index (χ1) is 10.2. The molecule has 0 atom stereocenters. The van der Waals surface area contributed by atoms with Crippen molar-refractivity contribution in [2.24, 2.45) is 0 Å². The minimum atomic E-state index is -0.139. The third-order valence-corrected chi connectivity index (χ3v) is 4.51. The second-order valence-corrected chi connectivity index (χ2v) is 5.80. The second-order valence-electron chi connectivity index (χ2n) is 5.80. The van der Waals surface area contributed by atoms with Gasteiger partial charge in [-0.05, 0) is 41.8 Å². The van der Waals surface area contributed by atoms with Crippen molar-refractivity contribution in [1.29, 1.82) is 0 Å². The second kappa shape index (κ2) is 5.86. The Kier molecular flexibility index (Phi) is 3.93. The fourth-order valence-corrected chi connectivity index (χ4v) is 3.29. The number of likely N-dealkylation sites (N-methyl/N-ethyl adjacent to an activating group) is 1. The van der Waals surface area contributed by atoms with Crippen LogP contribution in [0.2, 0.25) is 0 Å². The van der Waals surface area contributed by atoms with Crippen molar-refractivity contribution in [2.75, 3.05) is 20.7 Å². The van der Waals surface area contributed by atoms with Crippen LogP contribution in [-0.2, 0) is 22.4 Å². The summed E-state index contributed by atoms with van der Waals surface area (Å²) in [5, 5.41) is 2.76. The molecule has 0 aromatic heterocycles. The normalized spacial score (nSPS) is 14.6. The van der Waals surface area contributed by atoms with E-state index in [0.29, 0.717) is 12.5 Å².